The molecule has 1 heterocycles. The van der Waals surface area contributed by atoms with E-state index in [0.717, 1.165) is 15.6 Å². The van der Waals surface area contributed by atoms with Gasteiger partial charge in [0.05, 0.1) is 23.8 Å². The van der Waals surface area contributed by atoms with Crippen LogP contribution in [0, 0.1) is 6.92 Å². The second kappa shape index (κ2) is 6.70. The maximum atomic E-state index is 12.5. The van der Waals surface area contributed by atoms with Crippen molar-refractivity contribution in [1.82, 2.24) is 9.78 Å². The Bertz CT molecular complexity index is 752. The molecule has 0 fully saturated rings. The van der Waals surface area contributed by atoms with Crippen molar-refractivity contribution < 1.29 is 14.3 Å². The zero-order valence-corrected chi connectivity index (χ0v) is 13.3. The van der Waals surface area contributed by atoms with E-state index in [1.54, 1.807) is 20.1 Å². The number of rotatable bonds is 5. The molecule has 0 bridgehead atoms. The molecule has 0 saturated heterocycles. The van der Waals surface area contributed by atoms with Crippen molar-refractivity contribution >= 4 is 16.7 Å². The Morgan fingerprint density at radius 2 is 2.09 bits per heavy atom. The van der Waals surface area contributed by atoms with E-state index in [-0.39, 0.29) is 24.8 Å². The number of hydrogen-bond acceptors (Lipinski definition) is 5. The van der Waals surface area contributed by atoms with Gasteiger partial charge in [-0.3, -0.25) is 9.59 Å². The van der Waals surface area contributed by atoms with Crippen LogP contribution in [0.25, 0.3) is 10.8 Å². The molecule has 1 aromatic carbocycles. The van der Waals surface area contributed by atoms with Crippen LogP contribution in [0.3, 0.4) is 0 Å². The molecule has 0 amide bonds. The van der Waals surface area contributed by atoms with Crippen molar-refractivity contribution in [3.8, 4) is 0 Å². The van der Waals surface area contributed by atoms with Gasteiger partial charge in [-0.05, 0) is 32.9 Å². The van der Waals surface area contributed by atoms with Gasteiger partial charge in [0.1, 0.15) is 6.54 Å². The number of methoxy groups -OCH3 is 1. The van der Waals surface area contributed by atoms with Crippen LogP contribution in [0.1, 0.15) is 31.2 Å². The molecule has 1 atom stereocenters. The smallest absolute Gasteiger partial charge is 0.327 e. The zero-order valence-electron chi connectivity index (χ0n) is 13.3. The van der Waals surface area contributed by atoms with Crippen molar-refractivity contribution in [2.24, 2.45) is 0 Å². The molecule has 0 spiro atoms. The van der Waals surface area contributed by atoms with Crippen molar-refractivity contribution in [3.05, 3.63) is 39.8 Å². The third-order valence-electron chi connectivity index (χ3n) is 3.47. The molecular weight excluding hydrogens is 284 g/mol. The average molecular weight is 304 g/mol. The second-order valence-corrected chi connectivity index (χ2v) is 5.08. The van der Waals surface area contributed by atoms with Crippen molar-refractivity contribution in [2.45, 2.75) is 33.4 Å². The summed E-state index contributed by atoms with van der Waals surface area (Å²) in [5.41, 5.74) is 1.35. The van der Waals surface area contributed by atoms with E-state index in [9.17, 15) is 9.59 Å². The van der Waals surface area contributed by atoms with Crippen LogP contribution in [0.5, 0.6) is 0 Å². The third-order valence-corrected chi connectivity index (χ3v) is 3.47. The lowest BCUT2D eigenvalue weighted by Gasteiger charge is -2.15. The van der Waals surface area contributed by atoms with Crippen LogP contribution in [-0.4, -0.2) is 29.5 Å². The lowest BCUT2D eigenvalue weighted by Crippen LogP contribution is -2.29. The molecule has 2 aromatic rings. The molecule has 0 aliphatic rings. The Kier molecular flexibility index (Phi) is 4.92. The minimum Gasteiger partial charge on any atom is -0.465 e. The highest BCUT2D eigenvalue weighted by Crippen LogP contribution is 2.22. The summed E-state index contributed by atoms with van der Waals surface area (Å²) in [4.78, 5) is 24.1. The SMILES string of the molecule is CCOC(=O)Cn1nc(C(C)OC)c2cc(C)ccc2c1=O. The van der Waals surface area contributed by atoms with E-state index >= 15 is 0 Å². The summed E-state index contributed by atoms with van der Waals surface area (Å²) in [7, 11) is 1.58. The van der Waals surface area contributed by atoms with Crippen molar-refractivity contribution in [2.75, 3.05) is 13.7 Å². The molecule has 118 valence electrons. The zero-order chi connectivity index (χ0) is 16.3. The summed E-state index contributed by atoms with van der Waals surface area (Å²) in [6, 6.07) is 5.52. The van der Waals surface area contributed by atoms with Gasteiger partial charge in [-0.15, -0.1) is 0 Å². The fraction of sp³-hybridized carbons (Fsp3) is 0.438. The summed E-state index contributed by atoms with van der Waals surface area (Å²) < 4.78 is 11.4. The Labute approximate surface area is 128 Å². The highest BCUT2D eigenvalue weighted by atomic mass is 16.5. The first kappa shape index (κ1) is 16.2. The molecule has 0 saturated carbocycles. The molecule has 0 radical (unpaired) electrons. The summed E-state index contributed by atoms with van der Waals surface area (Å²) >= 11 is 0. The molecule has 0 aliphatic heterocycles. The average Bonchev–Trinajstić information content (AvgIpc) is 2.49. The number of benzene rings is 1. The van der Waals surface area contributed by atoms with Gasteiger partial charge in [0.15, 0.2) is 0 Å². The minimum absolute atomic E-state index is 0.208. The van der Waals surface area contributed by atoms with Gasteiger partial charge in [0.25, 0.3) is 5.56 Å². The van der Waals surface area contributed by atoms with Gasteiger partial charge in [-0.1, -0.05) is 11.6 Å². The van der Waals surface area contributed by atoms with E-state index in [4.69, 9.17) is 9.47 Å². The lowest BCUT2D eigenvalue weighted by molar-refractivity contribution is -0.144. The number of carbonyl (C=O) groups excluding carboxylic acids is 1. The molecule has 0 aliphatic carbocycles. The quantitative estimate of drug-likeness (QED) is 0.790. The number of aryl methyl sites for hydroxylation is 1. The van der Waals surface area contributed by atoms with Crippen LogP contribution in [-0.2, 0) is 20.8 Å². The molecule has 2 rings (SSSR count). The van der Waals surface area contributed by atoms with Crippen LogP contribution < -0.4 is 5.56 Å². The van der Waals surface area contributed by atoms with Crippen LogP contribution in [0.2, 0.25) is 0 Å². The van der Waals surface area contributed by atoms with Crippen molar-refractivity contribution in [1.29, 1.82) is 0 Å². The third kappa shape index (κ3) is 3.17. The van der Waals surface area contributed by atoms with Gasteiger partial charge in [-0.25, -0.2) is 4.68 Å². The second-order valence-electron chi connectivity index (χ2n) is 5.08. The monoisotopic (exact) mass is 304 g/mol. The Balaban J connectivity index is 2.64. The standard InChI is InChI=1S/C16H20N2O4/c1-5-22-14(19)9-18-16(20)12-7-6-10(2)8-13(12)15(17-18)11(3)21-4/h6-8,11H,5,9H2,1-4H3. The first-order valence-corrected chi connectivity index (χ1v) is 7.17. The van der Waals surface area contributed by atoms with E-state index in [1.807, 2.05) is 26.0 Å². The first-order chi connectivity index (χ1) is 10.5. The van der Waals surface area contributed by atoms with Crippen molar-refractivity contribution in [3.63, 3.8) is 0 Å². The van der Waals surface area contributed by atoms with Crippen LogP contribution >= 0.6 is 0 Å². The van der Waals surface area contributed by atoms with Crippen LogP contribution in [0.15, 0.2) is 23.0 Å². The summed E-state index contributed by atoms with van der Waals surface area (Å²) in [5, 5.41) is 5.58. The number of carbonyl (C=O) groups is 1. The summed E-state index contributed by atoms with van der Waals surface area (Å²) in [6.07, 6.45) is -0.293. The molecule has 0 N–H and O–H groups in total. The van der Waals surface area contributed by atoms with Gasteiger partial charge in [0, 0.05) is 12.5 Å². The number of aromatic nitrogens is 2. The minimum atomic E-state index is -0.486. The summed E-state index contributed by atoms with van der Waals surface area (Å²) in [5.74, 6) is -0.486. The number of hydrogen-bond donors (Lipinski definition) is 0. The maximum Gasteiger partial charge on any atom is 0.327 e. The Morgan fingerprint density at radius 1 is 1.36 bits per heavy atom. The molecule has 1 unspecified atom stereocenters. The largest absolute Gasteiger partial charge is 0.465 e. The van der Waals surface area contributed by atoms with E-state index in [2.05, 4.69) is 5.10 Å². The summed E-state index contributed by atoms with van der Waals surface area (Å²) in [6.45, 7) is 5.57. The van der Waals surface area contributed by atoms with E-state index < -0.39 is 5.97 Å². The predicted octanol–water partition coefficient (Wildman–Crippen LogP) is 1.98. The Morgan fingerprint density at radius 3 is 2.73 bits per heavy atom. The van der Waals surface area contributed by atoms with Gasteiger partial charge in [0.2, 0.25) is 0 Å². The fourth-order valence-corrected chi connectivity index (χ4v) is 2.27. The fourth-order valence-electron chi connectivity index (χ4n) is 2.27. The normalized spacial score (nSPS) is 12.4. The molecule has 22 heavy (non-hydrogen) atoms. The van der Waals surface area contributed by atoms with E-state index in [1.165, 1.54) is 0 Å². The maximum absolute atomic E-state index is 12.5. The Hall–Kier alpha value is -2.21. The highest BCUT2D eigenvalue weighted by molar-refractivity contribution is 5.84. The molecular formula is C16H20N2O4. The number of nitrogens with zero attached hydrogens (tertiary/aromatic N) is 2. The molecule has 1 aromatic heterocycles. The predicted molar refractivity (Wildman–Crippen MR) is 82.8 cm³/mol. The van der Waals surface area contributed by atoms with Gasteiger partial charge >= 0.3 is 5.97 Å². The van der Waals surface area contributed by atoms with Crippen LogP contribution in [0.4, 0.5) is 0 Å². The number of ether oxygens (including phenoxy) is 2. The van der Waals surface area contributed by atoms with Gasteiger partial charge < -0.3 is 9.47 Å². The molecule has 6 nitrogen and oxygen atoms in total. The first-order valence-electron chi connectivity index (χ1n) is 7.17. The van der Waals surface area contributed by atoms with Gasteiger partial charge in [-0.2, -0.15) is 5.10 Å². The topological polar surface area (TPSA) is 70.4 Å². The number of fused-ring (bicyclic) bond motifs is 1. The van der Waals surface area contributed by atoms with E-state index in [0.29, 0.717) is 11.1 Å². The highest BCUT2D eigenvalue weighted by Gasteiger charge is 2.17. The molecule has 6 heteroatoms. The number of esters is 1. The lowest BCUT2D eigenvalue weighted by atomic mass is 10.1.